The van der Waals surface area contributed by atoms with Crippen molar-refractivity contribution in [3.05, 3.63) is 36.5 Å². The minimum Gasteiger partial charge on any atom is -0.316 e. The molecule has 18 heavy (non-hydrogen) atoms. The zero-order chi connectivity index (χ0) is 13.6. The van der Waals surface area contributed by atoms with Crippen LogP contribution >= 0.6 is 0 Å². The molecule has 1 aromatic rings. The molecule has 1 heterocycles. The second-order valence-corrected chi connectivity index (χ2v) is 5.66. The lowest BCUT2D eigenvalue weighted by Crippen LogP contribution is -2.31. The van der Waals surface area contributed by atoms with Gasteiger partial charge >= 0.3 is 0 Å². The predicted molar refractivity (Wildman–Crippen MR) is 71.6 cm³/mol. The number of nitrogens with zero attached hydrogens (tertiary/aromatic N) is 2. The number of hydrogen-bond acceptors (Lipinski definition) is 4. The van der Waals surface area contributed by atoms with Crippen LogP contribution in [0.25, 0.3) is 0 Å². The molecule has 0 aromatic carbocycles. The first kappa shape index (κ1) is 14.8. The van der Waals surface area contributed by atoms with E-state index >= 15 is 0 Å². The van der Waals surface area contributed by atoms with Crippen molar-refractivity contribution < 1.29 is 8.42 Å². The zero-order valence-corrected chi connectivity index (χ0v) is 11.6. The largest absolute Gasteiger partial charge is 0.316 e. The summed E-state index contributed by atoms with van der Waals surface area (Å²) in [5.74, 6) is 0. The topological polar surface area (TPSA) is 62.3 Å². The molecule has 0 aliphatic carbocycles. The van der Waals surface area contributed by atoms with Crippen LogP contribution < -0.4 is 5.32 Å². The highest BCUT2D eigenvalue weighted by atomic mass is 32.2. The minimum atomic E-state index is -3.51. The molecular weight excluding hydrogens is 250 g/mol. The highest BCUT2D eigenvalue weighted by Gasteiger charge is 2.22. The fourth-order valence-corrected chi connectivity index (χ4v) is 2.88. The number of likely N-dealkylation sites (N-methyl/N-ethyl adjacent to an activating group) is 1. The first-order valence-electron chi connectivity index (χ1n) is 5.76. The summed E-state index contributed by atoms with van der Waals surface area (Å²) in [7, 11) is -1.69. The molecule has 0 saturated carbocycles. The van der Waals surface area contributed by atoms with E-state index in [9.17, 15) is 8.42 Å². The number of sulfonamides is 1. The van der Waals surface area contributed by atoms with Gasteiger partial charge in [-0.15, -0.1) is 6.58 Å². The molecule has 1 N–H and O–H groups in total. The predicted octanol–water partition coefficient (Wildman–Crippen LogP) is 0.998. The summed E-state index contributed by atoms with van der Waals surface area (Å²) in [6, 6.07) is 3.30. The first-order chi connectivity index (χ1) is 8.56. The van der Waals surface area contributed by atoms with Crippen molar-refractivity contribution in [2.75, 3.05) is 20.1 Å². The van der Waals surface area contributed by atoms with E-state index in [0.29, 0.717) is 19.6 Å². The van der Waals surface area contributed by atoms with Crippen LogP contribution in [0.5, 0.6) is 0 Å². The van der Waals surface area contributed by atoms with Crippen LogP contribution in [0.3, 0.4) is 0 Å². The second kappa shape index (κ2) is 6.63. The third-order valence-corrected chi connectivity index (χ3v) is 4.33. The molecule has 0 spiro atoms. The third kappa shape index (κ3) is 3.38. The molecule has 0 aliphatic rings. The molecule has 0 aliphatic heterocycles. The van der Waals surface area contributed by atoms with Crippen LogP contribution in [0.15, 0.2) is 36.0 Å². The van der Waals surface area contributed by atoms with E-state index in [1.165, 1.54) is 10.4 Å². The Kier molecular flexibility index (Phi) is 5.46. The van der Waals surface area contributed by atoms with Crippen molar-refractivity contribution in [3.8, 4) is 0 Å². The number of rotatable bonds is 7. The van der Waals surface area contributed by atoms with Crippen LogP contribution in [0.1, 0.15) is 12.5 Å². The summed E-state index contributed by atoms with van der Waals surface area (Å²) in [5, 5.41) is 3.06. The summed E-state index contributed by atoms with van der Waals surface area (Å²) in [5.41, 5.74) is 0.947. The summed E-state index contributed by atoms with van der Waals surface area (Å²) >= 11 is 0. The van der Waals surface area contributed by atoms with Gasteiger partial charge in [0.1, 0.15) is 0 Å². The Labute approximate surface area is 109 Å². The quantitative estimate of drug-likeness (QED) is 0.750. The van der Waals surface area contributed by atoms with Gasteiger partial charge in [0.05, 0.1) is 0 Å². The maximum atomic E-state index is 12.2. The number of hydrogen-bond donors (Lipinski definition) is 1. The molecule has 5 nitrogen and oxygen atoms in total. The van der Waals surface area contributed by atoms with Gasteiger partial charge in [0.2, 0.25) is 0 Å². The number of nitrogens with one attached hydrogen (secondary N) is 1. The second-order valence-electron chi connectivity index (χ2n) is 3.78. The van der Waals surface area contributed by atoms with Crippen molar-refractivity contribution in [1.82, 2.24) is 14.6 Å². The van der Waals surface area contributed by atoms with Crippen molar-refractivity contribution >= 4 is 10.0 Å². The minimum absolute atomic E-state index is 0.0750. The van der Waals surface area contributed by atoms with Gasteiger partial charge < -0.3 is 5.32 Å². The Morgan fingerprint density at radius 2 is 2.22 bits per heavy atom. The van der Waals surface area contributed by atoms with E-state index in [1.54, 1.807) is 25.3 Å². The molecule has 0 radical (unpaired) electrons. The average Bonchev–Trinajstić information content (AvgIpc) is 2.36. The monoisotopic (exact) mass is 269 g/mol. The molecule has 1 aromatic heterocycles. The van der Waals surface area contributed by atoms with Gasteiger partial charge in [0.25, 0.3) is 10.0 Å². The summed E-state index contributed by atoms with van der Waals surface area (Å²) in [4.78, 5) is 4.02. The van der Waals surface area contributed by atoms with Gasteiger partial charge in [-0.05, 0) is 18.7 Å². The van der Waals surface area contributed by atoms with Gasteiger partial charge in [0.15, 0.2) is 5.03 Å². The average molecular weight is 269 g/mol. The Balaban J connectivity index is 3.00. The highest BCUT2D eigenvalue weighted by Crippen LogP contribution is 2.13. The van der Waals surface area contributed by atoms with Gasteiger partial charge in [-0.25, -0.2) is 13.4 Å². The highest BCUT2D eigenvalue weighted by molar-refractivity contribution is 7.89. The van der Waals surface area contributed by atoms with E-state index < -0.39 is 10.0 Å². The molecule has 6 heteroatoms. The molecule has 100 valence electrons. The lowest BCUT2D eigenvalue weighted by molar-refractivity contribution is 0.457. The molecule has 0 saturated heterocycles. The third-order valence-electron chi connectivity index (χ3n) is 2.47. The lowest BCUT2D eigenvalue weighted by atomic mass is 10.3. The van der Waals surface area contributed by atoms with Crippen molar-refractivity contribution in [2.24, 2.45) is 0 Å². The standard InChI is InChI=1S/C12H19N3O2S/c1-4-8-15(5-2)18(16,17)12-7-6-11(9-13-3)10-14-12/h4,6-7,10,13H,1,5,8-9H2,2-3H3. The maximum Gasteiger partial charge on any atom is 0.260 e. The zero-order valence-electron chi connectivity index (χ0n) is 10.8. The summed E-state index contributed by atoms with van der Waals surface area (Å²) in [6.07, 6.45) is 3.14. The Hall–Kier alpha value is -1.24. The van der Waals surface area contributed by atoms with Crippen molar-refractivity contribution in [1.29, 1.82) is 0 Å². The van der Waals surface area contributed by atoms with Crippen LogP contribution in [0.4, 0.5) is 0 Å². The van der Waals surface area contributed by atoms with Gasteiger partial charge in [-0.1, -0.05) is 19.1 Å². The van der Waals surface area contributed by atoms with E-state index in [4.69, 9.17) is 0 Å². The molecule has 0 unspecified atom stereocenters. The SMILES string of the molecule is C=CCN(CC)S(=O)(=O)c1ccc(CNC)cn1. The molecular formula is C12H19N3O2S. The molecule has 1 rings (SSSR count). The van der Waals surface area contributed by atoms with Crippen LogP contribution in [-0.2, 0) is 16.6 Å². The smallest absolute Gasteiger partial charge is 0.260 e. The fourth-order valence-electron chi connectivity index (χ4n) is 1.55. The van der Waals surface area contributed by atoms with E-state index in [-0.39, 0.29) is 5.03 Å². The van der Waals surface area contributed by atoms with Crippen LogP contribution in [-0.4, -0.2) is 37.8 Å². The molecule has 0 bridgehead atoms. The maximum absolute atomic E-state index is 12.2. The fraction of sp³-hybridized carbons (Fsp3) is 0.417. The molecule has 0 atom stereocenters. The van der Waals surface area contributed by atoms with Crippen molar-refractivity contribution in [3.63, 3.8) is 0 Å². The normalized spacial score (nSPS) is 11.7. The number of aromatic nitrogens is 1. The molecule has 0 amide bonds. The van der Waals surface area contributed by atoms with Crippen LogP contribution in [0.2, 0.25) is 0 Å². The number of pyridine rings is 1. The summed E-state index contributed by atoms with van der Waals surface area (Å²) < 4.78 is 25.8. The Morgan fingerprint density at radius 3 is 2.67 bits per heavy atom. The van der Waals surface area contributed by atoms with Crippen molar-refractivity contribution in [2.45, 2.75) is 18.5 Å². The lowest BCUT2D eigenvalue weighted by Gasteiger charge is -2.18. The van der Waals surface area contributed by atoms with Gasteiger partial charge in [-0.2, -0.15) is 4.31 Å². The summed E-state index contributed by atoms with van der Waals surface area (Å²) in [6.45, 7) is 6.70. The Bertz CT molecular complexity index is 483. The van der Waals surface area contributed by atoms with Gasteiger partial charge in [0, 0.05) is 25.8 Å². The van der Waals surface area contributed by atoms with Crippen LogP contribution in [0, 0.1) is 0 Å². The first-order valence-corrected chi connectivity index (χ1v) is 7.20. The van der Waals surface area contributed by atoms with E-state index in [0.717, 1.165) is 5.56 Å². The van der Waals surface area contributed by atoms with E-state index in [1.807, 2.05) is 7.05 Å². The Morgan fingerprint density at radius 1 is 1.50 bits per heavy atom. The molecule has 0 fully saturated rings. The van der Waals surface area contributed by atoms with E-state index in [2.05, 4.69) is 16.9 Å². The van der Waals surface area contributed by atoms with Gasteiger partial charge in [-0.3, -0.25) is 0 Å².